The highest BCUT2D eigenvalue weighted by Crippen LogP contribution is 2.34. The van der Waals surface area contributed by atoms with Crippen LogP contribution in [0.3, 0.4) is 0 Å². The van der Waals surface area contributed by atoms with Crippen molar-refractivity contribution in [3.05, 3.63) is 17.5 Å². The first-order valence-electron chi connectivity index (χ1n) is 5.25. The van der Waals surface area contributed by atoms with Crippen LogP contribution in [-0.2, 0) is 22.6 Å². The van der Waals surface area contributed by atoms with Crippen molar-refractivity contribution in [1.82, 2.24) is 4.98 Å². The maximum atomic E-state index is 12.7. The molecule has 1 rings (SSSR count). The third-order valence-electron chi connectivity index (χ3n) is 2.28. The molecule has 0 unspecified atom stereocenters. The summed E-state index contributed by atoms with van der Waals surface area (Å²) in [4.78, 5) is 14.7. The number of ether oxygens (including phenoxy) is 3. The highest BCUT2D eigenvalue weighted by Gasteiger charge is 2.34. The van der Waals surface area contributed by atoms with Crippen molar-refractivity contribution in [3.63, 3.8) is 0 Å². The Balaban J connectivity index is 3.31. The summed E-state index contributed by atoms with van der Waals surface area (Å²) in [6.45, 7) is -1.07. The van der Waals surface area contributed by atoms with E-state index in [1.165, 1.54) is 0 Å². The molecule has 1 aromatic rings. The Morgan fingerprint density at radius 2 is 2.00 bits per heavy atom. The summed E-state index contributed by atoms with van der Waals surface area (Å²) < 4.78 is 62.5. The zero-order valence-electron chi connectivity index (χ0n) is 10.6. The van der Waals surface area contributed by atoms with Gasteiger partial charge in [0, 0.05) is 0 Å². The molecule has 0 fully saturated rings. The highest BCUT2D eigenvalue weighted by molar-refractivity contribution is 5.75. The predicted molar refractivity (Wildman–Crippen MR) is 58.0 cm³/mol. The summed E-state index contributed by atoms with van der Waals surface area (Å²) in [6, 6.07) is 0. The lowest BCUT2D eigenvalue weighted by molar-refractivity contribution is -0.275. The summed E-state index contributed by atoms with van der Waals surface area (Å²) in [5.74, 6) is -1.84. The minimum atomic E-state index is -4.98. The molecule has 0 N–H and O–H groups in total. The quantitative estimate of drug-likeness (QED) is 0.616. The van der Waals surface area contributed by atoms with E-state index in [2.05, 4.69) is 14.5 Å². The largest absolute Gasteiger partial charge is 0.573 e. The third kappa shape index (κ3) is 3.97. The number of hydrogen-bond donors (Lipinski definition) is 0. The van der Waals surface area contributed by atoms with Gasteiger partial charge in [0.15, 0.2) is 11.5 Å². The van der Waals surface area contributed by atoms with E-state index in [1.807, 2.05) is 0 Å². The molecule has 0 aromatic carbocycles. The molecule has 0 amide bonds. The number of halogens is 4. The molecule has 0 aliphatic heterocycles. The van der Waals surface area contributed by atoms with Gasteiger partial charge in [0.05, 0.1) is 32.4 Å². The molecule has 0 bridgehead atoms. The number of aromatic nitrogens is 1. The number of alkyl halides is 4. The molecule has 112 valence electrons. The molecule has 0 saturated carbocycles. The van der Waals surface area contributed by atoms with Crippen molar-refractivity contribution in [2.75, 3.05) is 14.2 Å². The number of methoxy groups -OCH3 is 2. The smallest absolute Gasteiger partial charge is 0.494 e. The normalized spacial score (nSPS) is 11.1. The topological polar surface area (TPSA) is 57.7 Å². The lowest BCUT2D eigenvalue weighted by Gasteiger charge is -2.16. The minimum Gasteiger partial charge on any atom is -0.494 e. The fraction of sp³-hybridized carbons (Fsp3) is 0.455. The van der Waals surface area contributed by atoms with Crippen LogP contribution in [0.15, 0.2) is 6.20 Å². The molecule has 9 heteroatoms. The van der Waals surface area contributed by atoms with Gasteiger partial charge in [-0.15, -0.1) is 13.2 Å². The van der Waals surface area contributed by atoms with E-state index in [0.717, 1.165) is 14.2 Å². The number of carbonyl (C=O) groups is 1. The Labute approximate surface area is 111 Å². The molecule has 0 aliphatic carbocycles. The van der Waals surface area contributed by atoms with Crippen LogP contribution in [0.1, 0.15) is 11.3 Å². The molecule has 0 aliphatic rings. The Bertz CT molecular complexity index is 490. The standard InChI is InChI=1S/C11H11F4NO4/c1-18-9(17)3-6-8(20-11(13,14)15)5-16-7(4-12)10(6)19-2/h5H,3-4H2,1-2H3. The molecule has 0 saturated heterocycles. The van der Waals surface area contributed by atoms with Gasteiger partial charge in [-0.1, -0.05) is 0 Å². The van der Waals surface area contributed by atoms with Crippen molar-refractivity contribution in [3.8, 4) is 11.5 Å². The number of rotatable bonds is 5. The molecule has 0 atom stereocenters. The van der Waals surface area contributed by atoms with Crippen molar-refractivity contribution in [1.29, 1.82) is 0 Å². The second-order valence-electron chi connectivity index (χ2n) is 3.52. The first-order valence-corrected chi connectivity index (χ1v) is 5.25. The maximum absolute atomic E-state index is 12.7. The molecular weight excluding hydrogens is 286 g/mol. The SMILES string of the molecule is COC(=O)Cc1c(OC(F)(F)F)cnc(CF)c1OC. The Hall–Kier alpha value is -2.06. The second kappa shape index (κ2) is 6.40. The summed E-state index contributed by atoms with van der Waals surface area (Å²) in [6.07, 6.45) is -4.86. The molecule has 1 heterocycles. The Morgan fingerprint density at radius 3 is 2.45 bits per heavy atom. The molecule has 5 nitrogen and oxygen atoms in total. The average Bonchev–Trinajstić information content (AvgIpc) is 2.38. The van der Waals surface area contributed by atoms with Crippen LogP contribution >= 0.6 is 0 Å². The van der Waals surface area contributed by atoms with Crippen LogP contribution in [0.5, 0.6) is 11.5 Å². The van der Waals surface area contributed by atoms with Crippen LogP contribution in [0, 0.1) is 0 Å². The number of pyridine rings is 1. The second-order valence-corrected chi connectivity index (χ2v) is 3.52. The van der Waals surface area contributed by atoms with Gasteiger partial charge >= 0.3 is 12.3 Å². The van der Waals surface area contributed by atoms with E-state index in [-0.39, 0.29) is 17.0 Å². The molecule has 20 heavy (non-hydrogen) atoms. The predicted octanol–water partition coefficient (Wildman–Crippen LogP) is 2.17. The van der Waals surface area contributed by atoms with Gasteiger partial charge in [0.25, 0.3) is 0 Å². The summed E-state index contributed by atoms with van der Waals surface area (Å²) in [7, 11) is 2.19. The van der Waals surface area contributed by atoms with Gasteiger partial charge in [-0.3, -0.25) is 9.78 Å². The molecule has 1 aromatic heterocycles. The first kappa shape index (κ1) is 16.0. The number of carbonyl (C=O) groups excluding carboxylic acids is 1. The van der Waals surface area contributed by atoms with Crippen LogP contribution in [0.4, 0.5) is 17.6 Å². The lowest BCUT2D eigenvalue weighted by Crippen LogP contribution is -2.20. The van der Waals surface area contributed by atoms with Crippen molar-refractivity contribution >= 4 is 5.97 Å². The van der Waals surface area contributed by atoms with Crippen LogP contribution < -0.4 is 9.47 Å². The zero-order chi connectivity index (χ0) is 15.3. The van der Waals surface area contributed by atoms with Crippen LogP contribution in [0.2, 0.25) is 0 Å². The van der Waals surface area contributed by atoms with Gasteiger partial charge in [-0.2, -0.15) is 0 Å². The molecule has 0 spiro atoms. The van der Waals surface area contributed by atoms with Crippen molar-refractivity contribution in [2.24, 2.45) is 0 Å². The summed E-state index contributed by atoms with van der Waals surface area (Å²) in [5, 5.41) is 0. The maximum Gasteiger partial charge on any atom is 0.573 e. The molecular formula is C11H11F4NO4. The van der Waals surface area contributed by atoms with E-state index in [9.17, 15) is 22.4 Å². The fourth-order valence-electron chi connectivity index (χ4n) is 1.49. The monoisotopic (exact) mass is 297 g/mol. The molecule has 0 radical (unpaired) electrons. The Kier molecular flexibility index (Phi) is 5.12. The van der Waals surface area contributed by atoms with Crippen LogP contribution in [0.25, 0.3) is 0 Å². The zero-order valence-corrected chi connectivity index (χ0v) is 10.6. The van der Waals surface area contributed by atoms with E-state index >= 15 is 0 Å². The number of hydrogen-bond acceptors (Lipinski definition) is 5. The minimum absolute atomic E-state index is 0.235. The van der Waals surface area contributed by atoms with E-state index in [1.54, 1.807) is 0 Å². The van der Waals surface area contributed by atoms with Gasteiger partial charge in [-0.25, -0.2) is 4.39 Å². The third-order valence-corrected chi connectivity index (χ3v) is 2.28. The average molecular weight is 297 g/mol. The van der Waals surface area contributed by atoms with Crippen molar-refractivity contribution in [2.45, 2.75) is 19.5 Å². The highest BCUT2D eigenvalue weighted by atomic mass is 19.4. The van der Waals surface area contributed by atoms with Gasteiger partial charge in [0.2, 0.25) is 0 Å². The number of esters is 1. The van der Waals surface area contributed by atoms with Crippen LogP contribution in [-0.4, -0.2) is 31.5 Å². The number of nitrogens with zero attached hydrogens (tertiary/aromatic N) is 1. The first-order chi connectivity index (χ1) is 9.32. The summed E-state index contributed by atoms with van der Waals surface area (Å²) >= 11 is 0. The Morgan fingerprint density at radius 1 is 1.35 bits per heavy atom. The van der Waals surface area contributed by atoms with Gasteiger partial charge < -0.3 is 14.2 Å². The van der Waals surface area contributed by atoms with E-state index in [4.69, 9.17) is 4.74 Å². The van der Waals surface area contributed by atoms with E-state index < -0.39 is 31.2 Å². The van der Waals surface area contributed by atoms with Gasteiger partial charge in [0.1, 0.15) is 12.4 Å². The van der Waals surface area contributed by atoms with E-state index in [0.29, 0.717) is 6.20 Å². The van der Waals surface area contributed by atoms with Crippen molar-refractivity contribution < 1.29 is 36.6 Å². The lowest BCUT2D eigenvalue weighted by atomic mass is 10.1. The van der Waals surface area contributed by atoms with Gasteiger partial charge in [-0.05, 0) is 0 Å². The summed E-state index contributed by atoms with van der Waals surface area (Å²) in [5.41, 5.74) is -0.514. The fourth-order valence-corrected chi connectivity index (χ4v) is 1.49.